The van der Waals surface area contributed by atoms with Gasteiger partial charge in [-0.2, -0.15) is 0 Å². The molecule has 1 amide bonds. The summed E-state index contributed by atoms with van der Waals surface area (Å²) in [7, 11) is 0. The van der Waals surface area contributed by atoms with Crippen LogP contribution in [0, 0.1) is 0 Å². The Balaban J connectivity index is 1.97. The molecule has 3 aliphatic rings. The Morgan fingerprint density at radius 2 is 2.44 bits per heavy atom. The zero-order valence-electron chi connectivity index (χ0n) is 8.46. The van der Waals surface area contributed by atoms with Crippen molar-refractivity contribution >= 4 is 23.6 Å². The second-order valence-electron chi connectivity index (χ2n) is 4.39. The summed E-state index contributed by atoms with van der Waals surface area (Å²) in [5.41, 5.74) is 5.67. The van der Waals surface area contributed by atoms with Gasteiger partial charge in [-0.1, -0.05) is 0 Å². The van der Waals surface area contributed by atoms with Gasteiger partial charge in [0.2, 0.25) is 5.91 Å². The zero-order valence-corrected chi connectivity index (χ0v) is 9.27. The number of amides is 1. The Kier molecular flexibility index (Phi) is 2.02. The van der Waals surface area contributed by atoms with Crippen molar-refractivity contribution in [1.82, 2.24) is 4.90 Å². The minimum absolute atomic E-state index is 0.185. The highest BCUT2D eigenvalue weighted by Gasteiger charge is 2.66. The standard InChI is InChI=1S/C9H12N2O4S/c10-4-6(12)11-5(8(13)14)9(16-7(4)11)1-2-15-3-9/h4-5,7H,1-3,10H2,(H,13,14)/t4?,5?,7-,9?/m0/s1. The van der Waals surface area contributed by atoms with E-state index >= 15 is 0 Å². The van der Waals surface area contributed by atoms with Gasteiger partial charge in [-0.15, -0.1) is 11.8 Å². The second kappa shape index (κ2) is 3.12. The maximum atomic E-state index is 11.6. The first-order valence-electron chi connectivity index (χ1n) is 5.13. The molecule has 3 heterocycles. The molecule has 7 heteroatoms. The van der Waals surface area contributed by atoms with Gasteiger partial charge in [-0.3, -0.25) is 4.79 Å². The number of hydrogen-bond acceptors (Lipinski definition) is 5. The molecule has 3 N–H and O–H groups in total. The van der Waals surface area contributed by atoms with E-state index in [1.807, 2.05) is 0 Å². The summed E-state index contributed by atoms with van der Waals surface area (Å²) in [4.78, 5) is 24.3. The van der Waals surface area contributed by atoms with Gasteiger partial charge in [0.15, 0.2) is 0 Å². The maximum Gasteiger partial charge on any atom is 0.328 e. The first kappa shape index (κ1) is 10.4. The lowest BCUT2D eigenvalue weighted by Crippen LogP contribution is -2.69. The average Bonchev–Trinajstić information content (AvgIpc) is 2.82. The number of β-lactam (4-membered cyclic amide) rings is 1. The third kappa shape index (κ3) is 1.05. The van der Waals surface area contributed by atoms with Crippen LogP contribution in [0.5, 0.6) is 0 Å². The van der Waals surface area contributed by atoms with Crippen LogP contribution < -0.4 is 5.73 Å². The number of aliphatic carboxylic acids is 1. The van der Waals surface area contributed by atoms with Crippen molar-refractivity contribution in [2.75, 3.05) is 13.2 Å². The number of rotatable bonds is 1. The summed E-state index contributed by atoms with van der Waals surface area (Å²) < 4.78 is 4.81. The molecule has 0 aromatic rings. The third-order valence-electron chi connectivity index (χ3n) is 3.50. The van der Waals surface area contributed by atoms with E-state index in [1.165, 1.54) is 16.7 Å². The fraction of sp³-hybridized carbons (Fsp3) is 0.778. The van der Waals surface area contributed by atoms with Gasteiger partial charge in [0.25, 0.3) is 0 Å². The Labute approximate surface area is 96.1 Å². The van der Waals surface area contributed by atoms with Gasteiger partial charge in [-0.05, 0) is 6.42 Å². The van der Waals surface area contributed by atoms with Crippen LogP contribution in [0.2, 0.25) is 0 Å². The lowest BCUT2D eigenvalue weighted by molar-refractivity contribution is -0.159. The van der Waals surface area contributed by atoms with E-state index in [-0.39, 0.29) is 11.3 Å². The van der Waals surface area contributed by atoms with Gasteiger partial charge in [0, 0.05) is 6.61 Å². The highest BCUT2D eigenvalue weighted by atomic mass is 32.2. The van der Waals surface area contributed by atoms with Crippen molar-refractivity contribution in [2.24, 2.45) is 5.73 Å². The Bertz CT molecular complexity index is 369. The van der Waals surface area contributed by atoms with E-state index in [0.29, 0.717) is 19.6 Å². The quantitative estimate of drug-likeness (QED) is 0.565. The van der Waals surface area contributed by atoms with Gasteiger partial charge in [0.05, 0.1) is 11.4 Å². The van der Waals surface area contributed by atoms with Gasteiger partial charge in [-0.25, -0.2) is 4.79 Å². The summed E-state index contributed by atoms with van der Waals surface area (Å²) >= 11 is 1.49. The number of hydrogen-bond donors (Lipinski definition) is 2. The van der Waals surface area contributed by atoms with Crippen LogP contribution in [-0.4, -0.2) is 57.3 Å². The molecule has 0 radical (unpaired) electrons. The Morgan fingerprint density at radius 3 is 3.00 bits per heavy atom. The number of ether oxygens (including phenoxy) is 1. The van der Waals surface area contributed by atoms with E-state index in [1.54, 1.807) is 0 Å². The molecule has 1 spiro atoms. The highest BCUT2D eigenvalue weighted by molar-refractivity contribution is 8.01. The summed E-state index contributed by atoms with van der Waals surface area (Å²) in [6.45, 7) is 0.947. The predicted octanol–water partition coefficient (Wildman–Crippen LogP) is -1.16. The molecule has 3 rings (SSSR count). The normalized spacial score (nSPS) is 45.9. The van der Waals surface area contributed by atoms with E-state index in [9.17, 15) is 14.7 Å². The molecule has 4 atom stereocenters. The van der Waals surface area contributed by atoms with Gasteiger partial charge in [0.1, 0.15) is 17.5 Å². The second-order valence-corrected chi connectivity index (χ2v) is 5.92. The minimum Gasteiger partial charge on any atom is -0.480 e. The number of carboxylic acid groups (broad SMARTS) is 1. The molecule has 88 valence electrons. The third-order valence-corrected chi connectivity index (χ3v) is 5.28. The largest absolute Gasteiger partial charge is 0.480 e. The molecule has 6 nitrogen and oxygen atoms in total. The SMILES string of the molecule is NC1C(=O)N2C(C(=O)O)C3(CCOC3)S[C@@H]12. The minimum atomic E-state index is -0.958. The summed E-state index contributed by atoms with van der Waals surface area (Å²) in [6, 6.07) is -1.33. The number of fused-ring (bicyclic) bond motifs is 1. The molecule has 3 fully saturated rings. The first-order valence-corrected chi connectivity index (χ1v) is 6.01. The summed E-state index contributed by atoms with van der Waals surface area (Å²) in [5, 5.41) is 9.08. The zero-order chi connectivity index (χ0) is 11.5. The van der Waals surface area contributed by atoms with Crippen molar-refractivity contribution in [3.63, 3.8) is 0 Å². The molecule has 3 aliphatic heterocycles. The number of carbonyl (C=O) groups excluding carboxylic acids is 1. The molecule has 0 aliphatic carbocycles. The molecule has 0 aromatic heterocycles. The van der Waals surface area contributed by atoms with Crippen molar-refractivity contribution in [3.05, 3.63) is 0 Å². The molecule has 0 bridgehead atoms. The monoisotopic (exact) mass is 244 g/mol. The highest BCUT2D eigenvalue weighted by Crippen LogP contribution is 2.53. The van der Waals surface area contributed by atoms with Crippen molar-refractivity contribution in [2.45, 2.75) is 28.6 Å². The molecule has 0 saturated carbocycles. The molecular formula is C9H12N2O4S. The molecule has 16 heavy (non-hydrogen) atoms. The van der Waals surface area contributed by atoms with Crippen LogP contribution in [0.4, 0.5) is 0 Å². The Hall–Kier alpha value is -0.790. The Morgan fingerprint density at radius 1 is 1.69 bits per heavy atom. The van der Waals surface area contributed by atoms with E-state index in [0.717, 1.165) is 0 Å². The lowest BCUT2D eigenvalue weighted by Gasteiger charge is -2.41. The smallest absolute Gasteiger partial charge is 0.328 e. The molecule has 3 saturated heterocycles. The van der Waals surface area contributed by atoms with Crippen LogP contribution in [0.25, 0.3) is 0 Å². The molecule has 0 aromatic carbocycles. The van der Waals surface area contributed by atoms with E-state index in [4.69, 9.17) is 10.5 Å². The summed E-state index contributed by atoms with van der Waals surface area (Å²) in [6.07, 6.45) is 0.668. The number of carboxylic acids is 1. The van der Waals surface area contributed by atoms with Crippen LogP contribution in [0.15, 0.2) is 0 Å². The van der Waals surface area contributed by atoms with E-state index < -0.39 is 22.8 Å². The van der Waals surface area contributed by atoms with Crippen LogP contribution in [0.3, 0.4) is 0 Å². The fourth-order valence-electron chi connectivity index (χ4n) is 2.69. The number of carbonyl (C=O) groups is 2. The predicted molar refractivity (Wildman–Crippen MR) is 55.8 cm³/mol. The van der Waals surface area contributed by atoms with Crippen molar-refractivity contribution in [1.29, 1.82) is 0 Å². The maximum absolute atomic E-state index is 11.6. The fourth-order valence-corrected chi connectivity index (χ4v) is 4.47. The van der Waals surface area contributed by atoms with Crippen LogP contribution in [-0.2, 0) is 14.3 Å². The molecular weight excluding hydrogens is 232 g/mol. The number of thioether (sulfide) groups is 1. The van der Waals surface area contributed by atoms with Gasteiger partial charge < -0.3 is 20.5 Å². The van der Waals surface area contributed by atoms with E-state index in [2.05, 4.69) is 0 Å². The van der Waals surface area contributed by atoms with Crippen LogP contribution in [0.1, 0.15) is 6.42 Å². The van der Waals surface area contributed by atoms with Crippen molar-refractivity contribution < 1.29 is 19.4 Å². The average molecular weight is 244 g/mol. The number of nitrogens with two attached hydrogens (primary N) is 1. The van der Waals surface area contributed by atoms with Crippen LogP contribution >= 0.6 is 11.8 Å². The number of nitrogens with zero attached hydrogens (tertiary/aromatic N) is 1. The van der Waals surface area contributed by atoms with Crippen molar-refractivity contribution in [3.8, 4) is 0 Å². The van der Waals surface area contributed by atoms with Gasteiger partial charge >= 0.3 is 5.97 Å². The first-order chi connectivity index (χ1) is 7.57. The molecule has 3 unspecified atom stereocenters. The summed E-state index contributed by atoms with van der Waals surface area (Å²) in [5.74, 6) is -1.21. The lowest BCUT2D eigenvalue weighted by atomic mass is 9.93. The topological polar surface area (TPSA) is 92.9 Å².